The molecule has 1 aliphatic heterocycles. The minimum absolute atomic E-state index is 0.0683. The van der Waals surface area contributed by atoms with Gasteiger partial charge in [0.1, 0.15) is 5.58 Å². The topological polar surface area (TPSA) is 50.5 Å². The molecular weight excluding hydrogens is 498 g/mol. The van der Waals surface area contributed by atoms with Crippen LogP contribution >= 0.6 is 39.3 Å². The molecule has 1 aromatic heterocycles. The van der Waals surface area contributed by atoms with Crippen LogP contribution in [0.2, 0.25) is 5.02 Å². The lowest BCUT2D eigenvalue weighted by Crippen LogP contribution is -2.29. The summed E-state index contributed by atoms with van der Waals surface area (Å²) in [5, 5.41) is 0.801. The first kappa shape index (κ1) is 20.4. The van der Waals surface area contributed by atoms with Crippen molar-refractivity contribution < 1.29 is 9.21 Å². The summed E-state index contributed by atoms with van der Waals surface area (Å²) in [7, 11) is 0. The fourth-order valence-electron chi connectivity index (χ4n) is 3.94. The summed E-state index contributed by atoms with van der Waals surface area (Å²) < 4.78 is 6.80. The molecule has 0 saturated carbocycles. The highest BCUT2D eigenvalue weighted by atomic mass is 79.9. The number of rotatable bonds is 3. The van der Waals surface area contributed by atoms with E-state index in [9.17, 15) is 9.59 Å². The summed E-state index contributed by atoms with van der Waals surface area (Å²) in [6.07, 6.45) is 2.00. The lowest BCUT2D eigenvalue weighted by molar-refractivity contribution is 0.0971. The molecule has 2 heterocycles. The Bertz CT molecular complexity index is 1400. The minimum atomic E-state index is -0.604. The third kappa shape index (κ3) is 3.39. The van der Waals surface area contributed by atoms with Crippen LogP contribution in [0.3, 0.4) is 0 Å². The molecule has 1 atom stereocenters. The number of hydrogen-bond donors (Lipinski definition) is 0. The summed E-state index contributed by atoms with van der Waals surface area (Å²) >= 11 is 11.2. The van der Waals surface area contributed by atoms with Crippen LogP contribution in [0.15, 0.2) is 85.3 Å². The molecule has 0 N–H and O–H groups in total. The monoisotopic (exact) mass is 511 g/mol. The zero-order chi connectivity index (χ0) is 21.7. The number of amides is 1. The summed E-state index contributed by atoms with van der Waals surface area (Å²) in [5.74, 6) is -0.278. The molecule has 154 valence electrons. The van der Waals surface area contributed by atoms with Gasteiger partial charge in [-0.3, -0.25) is 14.5 Å². The van der Waals surface area contributed by atoms with Gasteiger partial charge in [0, 0.05) is 20.1 Å². The number of halogens is 2. The second-order valence-corrected chi connectivity index (χ2v) is 9.38. The third-order valence-corrected chi connectivity index (χ3v) is 6.82. The molecule has 1 aliphatic rings. The van der Waals surface area contributed by atoms with Crippen molar-refractivity contribution in [2.45, 2.75) is 10.9 Å². The second kappa shape index (κ2) is 7.86. The van der Waals surface area contributed by atoms with Gasteiger partial charge in [-0.15, -0.1) is 11.8 Å². The Morgan fingerprint density at radius 2 is 1.81 bits per heavy atom. The number of carbonyl (C=O) groups is 1. The summed E-state index contributed by atoms with van der Waals surface area (Å²) in [5.41, 5.74) is 1.93. The van der Waals surface area contributed by atoms with Crippen molar-refractivity contribution in [2.75, 3.05) is 11.2 Å². The Morgan fingerprint density at radius 1 is 1.03 bits per heavy atom. The molecule has 0 radical (unpaired) electrons. The van der Waals surface area contributed by atoms with E-state index in [-0.39, 0.29) is 17.1 Å². The molecule has 5 rings (SSSR count). The van der Waals surface area contributed by atoms with Gasteiger partial charge in [-0.1, -0.05) is 45.7 Å². The smallest absolute Gasteiger partial charge is 0.295 e. The molecule has 0 spiro atoms. The Morgan fingerprint density at radius 3 is 2.52 bits per heavy atom. The number of carbonyl (C=O) groups excluding carboxylic acids is 1. The number of thioether (sulfide) groups is 1. The van der Waals surface area contributed by atoms with Gasteiger partial charge in [-0.2, -0.15) is 0 Å². The van der Waals surface area contributed by atoms with Gasteiger partial charge in [0.2, 0.25) is 5.76 Å². The van der Waals surface area contributed by atoms with Crippen LogP contribution in [0.4, 0.5) is 5.69 Å². The number of nitrogens with zero attached hydrogens (tertiary/aromatic N) is 1. The number of fused-ring (bicyclic) bond motifs is 2. The number of anilines is 1. The lowest BCUT2D eigenvalue weighted by atomic mass is 9.98. The molecule has 1 unspecified atom stereocenters. The van der Waals surface area contributed by atoms with Crippen molar-refractivity contribution in [1.29, 1.82) is 0 Å². The Kier molecular flexibility index (Phi) is 5.16. The Hall–Kier alpha value is -2.54. The van der Waals surface area contributed by atoms with Gasteiger partial charge in [-0.05, 0) is 60.4 Å². The maximum Gasteiger partial charge on any atom is 0.295 e. The molecule has 0 aliphatic carbocycles. The second-order valence-electron chi connectivity index (χ2n) is 7.15. The van der Waals surface area contributed by atoms with Crippen molar-refractivity contribution in [3.05, 3.63) is 103 Å². The van der Waals surface area contributed by atoms with Crippen molar-refractivity contribution in [1.82, 2.24) is 0 Å². The van der Waals surface area contributed by atoms with Crippen LogP contribution in [-0.4, -0.2) is 12.2 Å². The third-order valence-electron chi connectivity index (χ3n) is 5.35. The van der Waals surface area contributed by atoms with Gasteiger partial charge in [-0.25, -0.2) is 0 Å². The van der Waals surface area contributed by atoms with Crippen molar-refractivity contribution in [3.63, 3.8) is 0 Å². The molecule has 3 aromatic carbocycles. The van der Waals surface area contributed by atoms with Crippen molar-refractivity contribution in [2.24, 2.45) is 0 Å². The van der Waals surface area contributed by atoms with Gasteiger partial charge >= 0.3 is 0 Å². The molecule has 0 bridgehead atoms. The maximum atomic E-state index is 13.6. The first-order chi connectivity index (χ1) is 15.0. The fraction of sp³-hybridized carbons (Fsp3) is 0.0833. The average molecular weight is 513 g/mol. The van der Waals surface area contributed by atoms with Gasteiger partial charge in [0.25, 0.3) is 5.91 Å². The number of benzene rings is 3. The molecule has 4 aromatic rings. The van der Waals surface area contributed by atoms with Crippen LogP contribution in [0.25, 0.3) is 11.0 Å². The van der Waals surface area contributed by atoms with Crippen molar-refractivity contribution in [3.8, 4) is 0 Å². The normalized spacial score (nSPS) is 15.5. The van der Waals surface area contributed by atoms with E-state index in [1.165, 1.54) is 0 Å². The van der Waals surface area contributed by atoms with E-state index in [0.29, 0.717) is 27.2 Å². The summed E-state index contributed by atoms with van der Waals surface area (Å²) in [6.45, 7) is 0. The van der Waals surface area contributed by atoms with Gasteiger partial charge in [0.05, 0.1) is 17.0 Å². The van der Waals surface area contributed by atoms with E-state index >= 15 is 0 Å². The highest BCUT2D eigenvalue weighted by molar-refractivity contribution is 9.10. The SMILES string of the molecule is CSc1ccc(C2c3c(oc4ccc(Cl)cc4c3=O)C(=O)N2c2cccc(Br)c2)cc1. The zero-order valence-electron chi connectivity index (χ0n) is 16.3. The van der Waals surface area contributed by atoms with E-state index in [1.807, 2.05) is 54.8 Å². The molecule has 31 heavy (non-hydrogen) atoms. The fourth-order valence-corrected chi connectivity index (χ4v) is 4.91. The highest BCUT2D eigenvalue weighted by Gasteiger charge is 2.43. The van der Waals surface area contributed by atoms with Crippen molar-refractivity contribution >= 4 is 61.9 Å². The first-order valence-corrected chi connectivity index (χ1v) is 11.9. The van der Waals surface area contributed by atoms with E-state index in [4.69, 9.17) is 16.0 Å². The quantitative estimate of drug-likeness (QED) is 0.287. The van der Waals surface area contributed by atoms with Gasteiger partial charge < -0.3 is 4.42 Å². The van der Waals surface area contributed by atoms with E-state index in [2.05, 4.69) is 15.9 Å². The predicted octanol–water partition coefficient (Wildman–Crippen LogP) is 6.68. The zero-order valence-corrected chi connectivity index (χ0v) is 19.4. The minimum Gasteiger partial charge on any atom is -0.450 e. The maximum absolute atomic E-state index is 13.6. The largest absolute Gasteiger partial charge is 0.450 e. The lowest BCUT2D eigenvalue weighted by Gasteiger charge is -2.25. The van der Waals surface area contributed by atoms with E-state index < -0.39 is 6.04 Å². The molecular formula is C24H15BrClNO3S. The van der Waals surface area contributed by atoms with Crippen LogP contribution in [0, 0.1) is 0 Å². The molecule has 0 saturated heterocycles. The standard InChI is InChI=1S/C24H15BrClNO3S/c1-31-17-8-5-13(6-9-17)21-20-22(28)18-12-15(26)7-10-19(18)30-23(20)24(29)27(21)16-4-2-3-14(25)11-16/h2-12,21H,1H3. The average Bonchev–Trinajstić information content (AvgIpc) is 3.07. The molecule has 7 heteroatoms. The summed E-state index contributed by atoms with van der Waals surface area (Å²) in [6, 6.07) is 19.6. The van der Waals surface area contributed by atoms with Crippen LogP contribution in [0.5, 0.6) is 0 Å². The molecule has 0 fully saturated rings. The van der Waals surface area contributed by atoms with E-state index in [1.54, 1.807) is 34.9 Å². The van der Waals surface area contributed by atoms with Crippen LogP contribution < -0.4 is 10.3 Å². The first-order valence-electron chi connectivity index (χ1n) is 9.47. The number of hydrogen-bond acceptors (Lipinski definition) is 4. The highest BCUT2D eigenvalue weighted by Crippen LogP contribution is 2.42. The van der Waals surface area contributed by atoms with Gasteiger partial charge in [0.15, 0.2) is 5.43 Å². The Balaban J connectivity index is 1.80. The van der Waals surface area contributed by atoms with E-state index in [0.717, 1.165) is 14.9 Å². The molecule has 4 nitrogen and oxygen atoms in total. The van der Waals surface area contributed by atoms with Crippen LogP contribution in [-0.2, 0) is 0 Å². The summed E-state index contributed by atoms with van der Waals surface area (Å²) in [4.78, 5) is 29.8. The molecule has 1 amide bonds. The predicted molar refractivity (Wildman–Crippen MR) is 129 cm³/mol. The van der Waals surface area contributed by atoms with Crippen LogP contribution in [0.1, 0.15) is 27.7 Å². The Labute approximate surface area is 195 Å².